The molecular weight excluding hydrogens is 1020 g/mol. The third-order valence-corrected chi connectivity index (χ3v) is 20.4. The number of rotatable bonds is 17. The highest BCUT2D eigenvalue weighted by Gasteiger charge is 2.70. The average molecular weight is 1110 g/mol. The SMILES string of the molecule is C[C@H](CC[C@@H](O[C@@H]1O[C@H](CO[C@H]2O[C@H](CO)[C@@H](O)[C@H](O)[C@H]2O)[C@@H](O)[C@H](O)[C@H]1O[C@H]1O[C@@H](CO)[C@H](O)[C@@H](O)[C@@H]1O)C(C)(C)O)C1CC[C@@]2(C)C3CC=C4C(CC[C@H](O[C@@H]5O[C@H](CO)[C@@H](O)[C@H](O)[C@H]5O)[C@@H]4C)[C@]3(C)[C@H](O)C[C@]12C. The lowest BCUT2D eigenvalue weighted by atomic mass is 9.39. The van der Waals surface area contributed by atoms with Crippen LogP contribution in [0.2, 0.25) is 0 Å². The van der Waals surface area contributed by atoms with Crippen LogP contribution in [0.5, 0.6) is 0 Å². The van der Waals surface area contributed by atoms with Gasteiger partial charge in [-0.1, -0.05) is 46.3 Å². The Morgan fingerprint density at radius 2 is 1.12 bits per heavy atom. The Bertz CT molecular complexity index is 1970. The van der Waals surface area contributed by atoms with Gasteiger partial charge in [-0.3, -0.25) is 0 Å². The molecule has 7 fully saturated rings. The van der Waals surface area contributed by atoms with E-state index in [1.807, 2.05) is 0 Å². The lowest BCUT2D eigenvalue weighted by Gasteiger charge is -2.66. The summed E-state index contributed by atoms with van der Waals surface area (Å²) in [6.07, 6.45) is -27.4. The molecule has 446 valence electrons. The molecule has 77 heavy (non-hydrogen) atoms. The molecule has 0 aromatic carbocycles. The Hall–Kier alpha value is -1.22. The van der Waals surface area contributed by atoms with Crippen molar-refractivity contribution in [2.75, 3.05) is 26.4 Å². The Morgan fingerprint density at radius 1 is 0.610 bits per heavy atom. The summed E-state index contributed by atoms with van der Waals surface area (Å²) in [6.45, 7) is 11.4. The van der Waals surface area contributed by atoms with Crippen molar-refractivity contribution in [2.45, 2.75) is 247 Å². The van der Waals surface area contributed by atoms with Crippen LogP contribution in [-0.2, 0) is 37.9 Å². The van der Waals surface area contributed by atoms with E-state index in [0.29, 0.717) is 25.7 Å². The van der Waals surface area contributed by atoms with Gasteiger partial charge in [0.25, 0.3) is 0 Å². The Morgan fingerprint density at radius 3 is 1.66 bits per heavy atom. The van der Waals surface area contributed by atoms with Crippen LogP contribution < -0.4 is 0 Å². The first kappa shape index (κ1) is 61.8. The second kappa shape index (κ2) is 23.8. The highest BCUT2D eigenvalue weighted by molar-refractivity contribution is 5.29. The van der Waals surface area contributed by atoms with Gasteiger partial charge in [-0.2, -0.15) is 0 Å². The smallest absolute Gasteiger partial charge is 0.187 e. The van der Waals surface area contributed by atoms with Crippen molar-refractivity contribution in [3.63, 3.8) is 0 Å². The summed E-state index contributed by atoms with van der Waals surface area (Å²) in [7, 11) is 0. The molecule has 3 saturated carbocycles. The zero-order chi connectivity index (χ0) is 56.6. The van der Waals surface area contributed by atoms with E-state index in [1.54, 1.807) is 0 Å². The third-order valence-electron chi connectivity index (χ3n) is 20.4. The largest absolute Gasteiger partial charge is 0.394 e. The summed E-state index contributed by atoms with van der Waals surface area (Å²) in [4.78, 5) is 0. The van der Waals surface area contributed by atoms with E-state index in [2.05, 4.69) is 40.7 Å². The lowest BCUT2D eigenvalue weighted by Crippen LogP contribution is -2.65. The minimum Gasteiger partial charge on any atom is -0.394 e. The molecule has 24 nitrogen and oxygen atoms in total. The number of aliphatic hydroxyl groups excluding tert-OH is 15. The van der Waals surface area contributed by atoms with Crippen molar-refractivity contribution in [3.05, 3.63) is 11.6 Å². The van der Waals surface area contributed by atoms with Crippen molar-refractivity contribution < 1.29 is 120 Å². The van der Waals surface area contributed by atoms with Crippen LogP contribution in [0.3, 0.4) is 0 Å². The molecule has 4 heterocycles. The zero-order valence-electron chi connectivity index (χ0n) is 45.1. The minimum absolute atomic E-state index is 0.0112. The molecule has 0 aromatic heterocycles. The van der Waals surface area contributed by atoms with Gasteiger partial charge >= 0.3 is 0 Å². The summed E-state index contributed by atoms with van der Waals surface area (Å²) in [5, 5.41) is 172. The van der Waals surface area contributed by atoms with Gasteiger partial charge in [0.2, 0.25) is 0 Å². The standard InChI is InChI=1S/C53H90O24/c1-21(24-14-15-51(5)31-12-9-23-22(2)26(71-47-43(67)39(63)35(59)28(18-55)73-47)11-10-25(23)53(31,7)32(57)16-52(24,51)6)8-13-33(50(3,4)69)76-49-45(77-48-44(68)40(64)36(60)29(19-56)74-48)41(65)37(61)30(75-49)20-70-46-42(66)38(62)34(58)27(17-54)72-46/h9,21-22,24-49,54-69H,8,10-20H2,1-7H3/t21-,22-,24?,25?,26+,27-,28-,29+,30-,31?,32-,33-,34-,35-,36+,37-,38+,39+,40-,41+,42-,43-,44+,45-,46+,47-,48-,49+,51+,52-,53+/m1/s1. The first-order valence-electron chi connectivity index (χ1n) is 27.7. The number of ether oxygens (including phenoxy) is 8. The number of allylic oxidation sites excluding steroid dienone is 1. The molecule has 0 aromatic rings. The van der Waals surface area contributed by atoms with Crippen molar-refractivity contribution in [2.24, 2.45) is 45.8 Å². The van der Waals surface area contributed by atoms with Gasteiger partial charge in [0.05, 0.1) is 50.3 Å². The van der Waals surface area contributed by atoms with Crippen LogP contribution in [-0.4, -0.2) is 255 Å². The number of hydrogen-bond acceptors (Lipinski definition) is 24. The predicted octanol–water partition coefficient (Wildman–Crippen LogP) is -3.62. The van der Waals surface area contributed by atoms with Crippen molar-refractivity contribution in [1.29, 1.82) is 0 Å². The Balaban J connectivity index is 0.977. The summed E-state index contributed by atoms with van der Waals surface area (Å²) in [6, 6.07) is 0. The fourth-order valence-corrected chi connectivity index (χ4v) is 15.3. The van der Waals surface area contributed by atoms with Crippen molar-refractivity contribution >= 4 is 0 Å². The van der Waals surface area contributed by atoms with Crippen molar-refractivity contribution in [3.8, 4) is 0 Å². The molecule has 0 spiro atoms. The molecule has 8 aliphatic rings. The van der Waals surface area contributed by atoms with Crippen LogP contribution in [0.15, 0.2) is 11.6 Å². The molecule has 0 radical (unpaired) electrons. The first-order valence-corrected chi connectivity index (χ1v) is 27.7. The van der Waals surface area contributed by atoms with E-state index in [0.717, 1.165) is 19.3 Å². The number of fused-ring (bicyclic) bond motifs is 5. The monoisotopic (exact) mass is 1110 g/mol. The van der Waals surface area contributed by atoms with Crippen LogP contribution in [0.1, 0.15) is 99.8 Å². The van der Waals surface area contributed by atoms with E-state index in [-0.39, 0.29) is 46.8 Å². The van der Waals surface area contributed by atoms with Gasteiger partial charge in [-0.25, -0.2) is 0 Å². The minimum atomic E-state index is -1.93. The number of hydrogen-bond donors (Lipinski definition) is 16. The molecule has 31 atom stereocenters. The summed E-state index contributed by atoms with van der Waals surface area (Å²) in [5.41, 5.74) is -1.43. The molecule has 4 saturated heterocycles. The van der Waals surface area contributed by atoms with E-state index in [4.69, 9.17) is 37.9 Å². The second-order valence-corrected chi connectivity index (χ2v) is 25.0. The van der Waals surface area contributed by atoms with E-state index < -0.39 is 179 Å². The lowest BCUT2D eigenvalue weighted by molar-refractivity contribution is -0.380. The molecule has 4 aliphatic heterocycles. The van der Waals surface area contributed by atoms with Crippen LogP contribution in [0, 0.1) is 45.8 Å². The Labute approximate surface area is 449 Å². The maximum Gasteiger partial charge on any atom is 0.187 e. The van der Waals surface area contributed by atoms with Gasteiger partial charge in [-0.15, -0.1) is 0 Å². The zero-order valence-corrected chi connectivity index (χ0v) is 45.1. The molecule has 3 unspecified atom stereocenters. The normalized spacial score (nSPS) is 52.2. The predicted molar refractivity (Wildman–Crippen MR) is 263 cm³/mol. The van der Waals surface area contributed by atoms with Crippen LogP contribution in [0.25, 0.3) is 0 Å². The van der Waals surface area contributed by atoms with Gasteiger partial charge in [0, 0.05) is 11.3 Å². The van der Waals surface area contributed by atoms with Crippen LogP contribution in [0.4, 0.5) is 0 Å². The summed E-state index contributed by atoms with van der Waals surface area (Å²) in [5.74, 6) is 0.165. The summed E-state index contributed by atoms with van der Waals surface area (Å²) < 4.78 is 47.6. The second-order valence-electron chi connectivity index (χ2n) is 25.0. The number of aliphatic hydroxyl groups is 16. The molecular formula is C53H90O24. The highest BCUT2D eigenvalue weighted by Crippen LogP contribution is 2.74. The fraction of sp³-hybridized carbons (Fsp3) is 0.962. The molecule has 24 heteroatoms. The Kier molecular flexibility index (Phi) is 19.1. The fourth-order valence-electron chi connectivity index (χ4n) is 15.3. The van der Waals surface area contributed by atoms with Gasteiger partial charge in [0.15, 0.2) is 25.2 Å². The maximum atomic E-state index is 12.6. The van der Waals surface area contributed by atoms with E-state index in [9.17, 15) is 81.7 Å². The molecule has 0 bridgehead atoms. The van der Waals surface area contributed by atoms with Gasteiger partial charge < -0.3 is 120 Å². The van der Waals surface area contributed by atoms with Gasteiger partial charge in [0.1, 0.15) is 97.7 Å². The quantitative estimate of drug-likeness (QED) is 0.0625. The third kappa shape index (κ3) is 11.1. The van der Waals surface area contributed by atoms with Crippen LogP contribution >= 0.6 is 0 Å². The van der Waals surface area contributed by atoms with Gasteiger partial charge in [-0.05, 0) is 99.7 Å². The van der Waals surface area contributed by atoms with Crippen molar-refractivity contribution in [1.82, 2.24) is 0 Å². The topological polar surface area (TPSA) is 398 Å². The maximum absolute atomic E-state index is 12.6. The molecule has 16 N–H and O–H groups in total. The highest BCUT2D eigenvalue weighted by atomic mass is 16.8. The molecule has 0 amide bonds. The summed E-state index contributed by atoms with van der Waals surface area (Å²) >= 11 is 0. The first-order chi connectivity index (χ1) is 36.1. The average Bonchev–Trinajstić information content (AvgIpc) is 3.76. The van der Waals surface area contributed by atoms with E-state index in [1.165, 1.54) is 19.4 Å². The molecule has 4 aliphatic carbocycles. The molecule has 8 rings (SSSR count). The van der Waals surface area contributed by atoms with E-state index >= 15 is 0 Å².